The summed E-state index contributed by atoms with van der Waals surface area (Å²) in [7, 11) is 0. The number of nitrogens with two attached hydrogens (primary N) is 1. The smallest absolute Gasteiger partial charge is 0.140 e. The number of nitrogen functional groups attached to an aromatic ring is 1. The van der Waals surface area contributed by atoms with Gasteiger partial charge in [-0.3, -0.25) is 0 Å². The minimum atomic E-state index is 0.745. The molecule has 0 saturated carbocycles. The van der Waals surface area contributed by atoms with Crippen LogP contribution in [0.15, 0.2) is 40.9 Å². The Bertz CT molecular complexity index is 508. The molecule has 0 aliphatic carbocycles. The van der Waals surface area contributed by atoms with E-state index in [-0.39, 0.29) is 0 Å². The summed E-state index contributed by atoms with van der Waals surface area (Å²) in [4.78, 5) is 0. The Kier molecular flexibility index (Phi) is 3.93. The molecule has 0 heterocycles. The van der Waals surface area contributed by atoms with Gasteiger partial charge in [-0.05, 0) is 71.5 Å². The Hall–Kier alpha value is -0.750. The molecule has 0 amide bonds. The molecule has 0 bridgehead atoms. The lowest BCUT2D eigenvalue weighted by Gasteiger charge is -2.10. The SMILES string of the molecule is Cc1cc(Br)ccc1Oc1ccc(N)cc1I. The molecule has 4 heteroatoms. The maximum absolute atomic E-state index is 5.87. The van der Waals surface area contributed by atoms with Crippen LogP contribution in [0.2, 0.25) is 0 Å². The van der Waals surface area contributed by atoms with Crippen LogP contribution in [0.3, 0.4) is 0 Å². The molecule has 2 nitrogen and oxygen atoms in total. The van der Waals surface area contributed by atoms with E-state index < -0.39 is 0 Å². The first kappa shape index (κ1) is 12.7. The van der Waals surface area contributed by atoms with Gasteiger partial charge in [-0.15, -0.1) is 0 Å². The summed E-state index contributed by atoms with van der Waals surface area (Å²) in [6.07, 6.45) is 0. The number of rotatable bonds is 2. The molecule has 0 aliphatic heterocycles. The molecule has 2 aromatic rings. The van der Waals surface area contributed by atoms with Gasteiger partial charge in [0.25, 0.3) is 0 Å². The largest absolute Gasteiger partial charge is 0.456 e. The quantitative estimate of drug-likeness (QED) is 0.580. The Labute approximate surface area is 122 Å². The molecule has 88 valence electrons. The number of hydrogen-bond donors (Lipinski definition) is 1. The van der Waals surface area contributed by atoms with Crippen molar-refractivity contribution in [3.8, 4) is 11.5 Å². The molecule has 0 aliphatic rings. The summed E-state index contributed by atoms with van der Waals surface area (Å²) >= 11 is 5.65. The van der Waals surface area contributed by atoms with Crippen molar-refractivity contribution in [2.24, 2.45) is 0 Å². The summed E-state index contributed by atoms with van der Waals surface area (Å²) in [6.45, 7) is 2.02. The maximum atomic E-state index is 5.87. The van der Waals surface area contributed by atoms with Crippen molar-refractivity contribution in [2.75, 3.05) is 5.73 Å². The average Bonchev–Trinajstić information content (AvgIpc) is 2.25. The third-order valence-electron chi connectivity index (χ3n) is 2.31. The number of anilines is 1. The predicted molar refractivity (Wildman–Crippen MR) is 82.5 cm³/mol. The maximum Gasteiger partial charge on any atom is 0.140 e. The molecular weight excluding hydrogens is 393 g/mol. The second kappa shape index (κ2) is 5.27. The monoisotopic (exact) mass is 403 g/mol. The van der Waals surface area contributed by atoms with Gasteiger partial charge < -0.3 is 10.5 Å². The fraction of sp³-hybridized carbons (Fsp3) is 0.0769. The van der Waals surface area contributed by atoms with Crippen LogP contribution in [-0.2, 0) is 0 Å². The van der Waals surface area contributed by atoms with E-state index in [1.165, 1.54) is 0 Å². The summed E-state index contributed by atoms with van der Waals surface area (Å²) in [5, 5.41) is 0. The minimum absolute atomic E-state index is 0.745. The predicted octanol–water partition coefficient (Wildman–Crippen LogP) is 4.74. The minimum Gasteiger partial charge on any atom is -0.456 e. The number of aryl methyl sites for hydroxylation is 1. The van der Waals surface area contributed by atoms with Crippen LogP contribution >= 0.6 is 38.5 Å². The van der Waals surface area contributed by atoms with Gasteiger partial charge in [-0.2, -0.15) is 0 Å². The van der Waals surface area contributed by atoms with Gasteiger partial charge in [0.1, 0.15) is 11.5 Å². The third kappa shape index (κ3) is 3.13. The van der Waals surface area contributed by atoms with Crippen LogP contribution in [0.25, 0.3) is 0 Å². The standard InChI is InChI=1S/C13H11BrINO/c1-8-6-9(14)2-4-12(8)17-13-5-3-10(16)7-11(13)15/h2-7H,16H2,1H3. The zero-order valence-electron chi connectivity index (χ0n) is 9.21. The van der Waals surface area contributed by atoms with E-state index in [0.717, 1.165) is 30.8 Å². The van der Waals surface area contributed by atoms with Gasteiger partial charge in [0.2, 0.25) is 0 Å². The van der Waals surface area contributed by atoms with Gasteiger partial charge in [0, 0.05) is 10.2 Å². The number of halogens is 2. The average molecular weight is 404 g/mol. The topological polar surface area (TPSA) is 35.2 Å². The van der Waals surface area contributed by atoms with Crippen LogP contribution < -0.4 is 10.5 Å². The lowest BCUT2D eigenvalue weighted by molar-refractivity contribution is 0.475. The molecule has 2 rings (SSSR count). The van der Waals surface area contributed by atoms with Crippen LogP contribution in [0, 0.1) is 10.5 Å². The van der Waals surface area contributed by atoms with E-state index in [9.17, 15) is 0 Å². The van der Waals surface area contributed by atoms with E-state index in [2.05, 4.69) is 38.5 Å². The zero-order chi connectivity index (χ0) is 12.4. The molecule has 0 unspecified atom stereocenters. The zero-order valence-corrected chi connectivity index (χ0v) is 12.9. The summed E-state index contributed by atoms with van der Waals surface area (Å²) in [6, 6.07) is 11.6. The highest BCUT2D eigenvalue weighted by Crippen LogP contribution is 2.31. The first-order valence-corrected chi connectivity index (χ1v) is 6.92. The van der Waals surface area contributed by atoms with Crippen molar-refractivity contribution < 1.29 is 4.74 Å². The van der Waals surface area contributed by atoms with Crippen molar-refractivity contribution in [3.05, 3.63) is 50.0 Å². The first-order valence-electron chi connectivity index (χ1n) is 5.05. The highest BCUT2D eigenvalue weighted by molar-refractivity contribution is 14.1. The van der Waals surface area contributed by atoms with Crippen LogP contribution in [0.4, 0.5) is 5.69 Å². The second-order valence-electron chi connectivity index (χ2n) is 3.70. The van der Waals surface area contributed by atoms with Crippen molar-refractivity contribution in [3.63, 3.8) is 0 Å². The molecule has 0 saturated heterocycles. The van der Waals surface area contributed by atoms with Crippen molar-refractivity contribution in [1.29, 1.82) is 0 Å². The van der Waals surface area contributed by atoms with E-state index in [1.807, 2.05) is 43.3 Å². The molecular formula is C13H11BrINO. The van der Waals surface area contributed by atoms with E-state index in [1.54, 1.807) is 0 Å². The molecule has 2 aromatic carbocycles. The summed E-state index contributed by atoms with van der Waals surface area (Å²) in [5.74, 6) is 1.68. The molecule has 0 atom stereocenters. The van der Waals surface area contributed by atoms with Gasteiger partial charge in [0.05, 0.1) is 3.57 Å². The molecule has 2 N–H and O–H groups in total. The molecule has 0 aromatic heterocycles. The van der Waals surface area contributed by atoms with Crippen LogP contribution in [-0.4, -0.2) is 0 Å². The fourth-order valence-corrected chi connectivity index (χ4v) is 2.57. The summed E-state index contributed by atoms with van der Waals surface area (Å²) < 4.78 is 7.92. The van der Waals surface area contributed by atoms with Crippen LogP contribution in [0.1, 0.15) is 5.56 Å². The highest BCUT2D eigenvalue weighted by Gasteiger charge is 2.05. The third-order valence-corrected chi connectivity index (χ3v) is 3.65. The number of benzene rings is 2. The van der Waals surface area contributed by atoms with Crippen molar-refractivity contribution >= 4 is 44.2 Å². The van der Waals surface area contributed by atoms with Crippen molar-refractivity contribution in [2.45, 2.75) is 6.92 Å². The van der Waals surface area contributed by atoms with Gasteiger partial charge in [0.15, 0.2) is 0 Å². The molecule has 0 fully saturated rings. The van der Waals surface area contributed by atoms with Gasteiger partial charge in [-0.1, -0.05) is 15.9 Å². The Balaban J connectivity index is 2.31. The highest BCUT2D eigenvalue weighted by atomic mass is 127. The molecule has 0 radical (unpaired) electrons. The fourth-order valence-electron chi connectivity index (χ4n) is 1.45. The van der Waals surface area contributed by atoms with E-state index in [0.29, 0.717) is 0 Å². The lowest BCUT2D eigenvalue weighted by Crippen LogP contribution is -1.92. The number of ether oxygens (including phenoxy) is 1. The number of hydrogen-bond acceptors (Lipinski definition) is 2. The lowest BCUT2D eigenvalue weighted by atomic mass is 10.2. The van der Waals surface area contributed by atoms with Crippen LogP contribution in [0.5, 0.6) is 11.5 Å². The van der Waals surface area contributed by atoms with Gasteiger partial charge in [-0.25, -0.2) is 0 Å². The van der Waals surface area contributed by atoms with E-state index in [4.69, 9.17) is 10.5 Å². The Morgan fingerprint density at radius 3 is 2.47 bits per heavy atom. The molecule has 0 spiro atoms. The summed E-state index contributed by atoms with van der Waals surface area (Å²) in [5.41, 5.74) is 7.54. The first-order chi connectivity index (χ1) is 8.06. The normalized spacial score (nSPS) is 10.3. The van der Waals surface area contributed by atoms with Crippen molar-refractivity contribution in [1.82, 2.24) is 0 Å². The van der Waals surface area contributed by atoms with E-state index >= 15 is 0 Å². The Morgan fingerprint density at radius 1 is 1.12 bits per heavy atom. The Morgan fingerprint density at radius 2 is 1.82 bits per heavy atom. The molecule has 17 heavy (non-hydrogen) atoms. The van der Waals surface area contributed by atoms with Gasteiger partial charge >= 0.3 is 0 Å². The second-order valence-corrected chi connectivity index (χ2v) is 5.78.